The molecule has 0 saturated carbocycles. The maximum atomic E-state index is 12.3. The number of hydrogen-bond acceptors (Lipinski definition) is 3. The summed E-state index contributed by atoms with van der Waals surface area (Å²) in [5.74, 6) is 1.53. The lowest BCUT2D eigenvalue weighted by molar-refractivity contribution is -0.126. The van der Waals surface area contributed by atoms with Crippen molar-refractivity contribution in [2.45, 2.75) is 13.0 Å². The molecule has 0 unspecified atom stereocenters. The fourth-order valence-electron chi connectivity index (χ4n) is 2.64. The van der Waals surface area contributed by atoms with Gasteiger partial charge >= 0.3 is 0 Å². The van der Waals surface area contributed by atoms with Crippen molar-refractivity contribution in [2.24, 2.45) is 5.92 Å². The minimum Gasteiger partial charge on any atom is -0.497 e. The van der Waals surface area contributed by atoms with E-state index < -0.39 is 0 Å². The highest BCUT2D eigenvalue weighted by atomic mass is 16.5. The first-order valence-corrected chi connectivity index (χ1v) is 7.44. The molecule has 2 aromatic rings. The Labute approximate surface area is 129 Å². The molecule has 1 aromatic heterocycles. The Kier molecular flexibility index (Phi) is 4.32. The quantitative estimate of drug-likeness (QED) is 0.917. The third-order valence-electron chi connectivity index (χ3n) is 3.88. The van der Waals surface area contributed by atoms with Crippen molar-refractivity contribution in [3.63, 3.8) is 0 Å². The molecule has 1 aliphatic rings. The summed E-state index contributed by atoms with van der Waals surface area (Å²) in [6, 6.07) is 9.65. The Morgan fingerprint density at radius 3 is 3.00 bits per heavy atom. The number of ether oxygens (including phenoxy) is 2. The van der Waals surface area contributed by atoms with Gasteiger partial charge in [-0.25, -0.2) is 0 Å². The van der Waals surface area contributed by atoms with Crippen molar-refractivity contribution >= 4 is 5.91 Å². The van der Waals surface area contributed by atoms with Crippen LogP contribution in [0.25, 0.3) is 0 Å². The van der Waals surface area contributed by atoms with E-state index in [1.54, 1.807) is 7.11 Å². The van der Waals surface area contributed by atoms with Gasteiger partial charge in [0.1, 0.15) is 18.1 Å². The molecule has 3 rings (SSSR count). The molecular formula is C17H20N2O3. The number of amides is 1. The van der Waals surface area contributed by atoms with Crippen molar-refractivity contribution in [2.75, 3.05) is 20.3 Å². The van der Waals surface area contributed by atoms with E-state index in [9.17, 15) is 4.79 Å². The van der Waals surface area contributed by atoms with E-state index >= 15 is 0 Å². The molecule has 22 heavy (non-hydrogen) atoms. The molecule has 0 aliphatic carbocycles. The molecule has 0 fully saturated rings. The van der Waals surface area contributed by atoms with Crippen LogP contribution in [0.2, 0.25) is 0 Å². The van der Waals surface area contributed by atoms with E-state index in [1.165, 1.54) is 0 Å². The average molecular weight is 300 g/mol. The average Bonchev–Trinajstić information content (AvgIpc) is 3.07. The zero-order valence-corrected chi connectivity index (χ0v) is 12.6. The Balaban J connectivity index is 1.55. The normalized spacial score (nSPS) is 16.5. The van der Waals surface area contributed by atoms with Gasteiger partial charge in [0.25, 0.3) is 0 Å². The van der Waals surface area contributed by atoms with E-state index in [4.69, 9.17) is 9.47 Å². The molecule has 1 aliphatic heterocycles. The first kappa shape index (κ1) is 14.5. The maximum absolute atomic E-state index is 12.3. The number of nitrogens with zero attached hydrogens (tertiary/aromatic N) is 1. The van der Waals surface area contributed by atoms with Crippen LogP contribution < -0.4 is 14.8 Å². The van der Waals surface area contributed by atoms with Crippen LogP contribution in [-0.2, 0) is 17.8 Å². The van der Waals surface area contributed by atoms with Crippen LogP contribution in [0.3, 0.4) is 0 Å². The van der Waals surface area contributed by atoms with Crippen LogP contribution in [0, 0.1) is 5.92 Å². The van der Waals surface area contributed by atoms with Gasteiger partial charge in [-0.15, -0.1) is 0 Å². The molecule has 1 N–H and O–H groups in total. The minimum absolute atomic E-state index is 0.0422. The summed E-state index contributed by atoms with van der Waals surface area (Å²) >= 11 is 0. The molecule has 5 heteroatoms. The molecule has 2 heterocycles. The number of aromatic nitrogens is 1. The van der Waals surface area contributed by atoms with Gasteiger partial charge in [-0.2, -0.15) is 0 Å². The van der Waals surface area contributed by atoms with Crippen LogP contribution in [0.5, 0.6) is 11.5 Å². The highest BCUT2D eigenvalue weighted by Gasteiger charge is 2.26. The Morgan fingerprint density at radius 2 is 2.23 bits per heavy atom. The number of fused-ring (bicyclic) bond motifs is 1. The number of rotatable bonds is 5. The molecule has 1 amide bonds. The summed E-state index contributed by atoms with van der Waals surface area (Å²) in [5.41, 5.74) is 1.02. The molecule has 116 valence electrons. The van der Waals surface area contributed by atoms with Crippen molar-refractivity contribution in [1.29, 1.82) is 0 Å². The second-order valence-electron chi connectivity index (χ2n) is 5.40. The number of methoxy groups -OCH3 is 1. The Bertz CT molecular complexity index is 637. The smallest absolute Gasteiger partial charge is 0.226 e. The monoisotopic (exact) mass is 300 g/mol. The van der Waals surface area contributed by atoms with Crippen LogP contribution in [0.1, 0.15) is 5.56 Å². The number of hydrogen-bond donors (Lipinski definition) is 1. The van der Waals surface area contributed by atoms with Crippen LogP contribution in [-0.4, -0.2) is 30.7 Å². The lowest BCUT2D eigenvalue weighted by Gasteiger charge is -2.25. The number of benzene rings is 1. The zero-order valence-electron chi connectivity index (χ0n) is 12.6. The predicted octanol–water partition coefficient (Wildman–Crippen LogP) is 1.86. The Morgan fingerprint density at radius 1 is 1.41 bits per heavy atom. The number of carbonyl (C=O) groups excluding carboxylic acids is 1. The van der Waals surface area contributed by atoms with E-state index in [-0.39, 0.29) is 11.8 Å². The summed E-state index contributed by atoms with van der Waals surface area (Å²) in [4.78, 5) is 12.3. The van der Waals surface area contributed by atoms with Gasteiger partial charge in [0.2, 0.25) is 5.91 Å². The van der Waals surface area contributed by atoms with Crippen LogP contribution >= 0.6 is 0 Å². The Hall–Kier alpha value is -2.43. The van der Waals surface area contributed by atoms with Crippen molar-refractivity contribution in [1.82, 2.24) is 9.88 Å². The van der Waals surface area contributed by atoms with Gasteiger partial charge in [0.05, 0.1) is 13.0 Å². The summed E-state index contributed by atoms with van der Waals surface area (Å²) in [7, 11) is 1.64. The molecule has 0 spiro atoms. The van der Waals surface area contributed by atoms with E-state index in [0.29, 0.717) is 19.6 Å². The van der Waals surface area contributed by atoms with Crippen LogP contribution in [0.4, 0.5) is 0 Å². The summed E-state index contributed by atoms with van der Waals surface area (Å²) in [6.07, 6.45) is 4.65. The van der Waals surface area contributed by atoms with Crippen molar-refractivity contribution in [3.8, 4) is 11.5 Å². The second-order valence-corrected chi connectivity index (χ2v) is 5.40. The maximum Gasteiger partial charge on any atom is 0.226 e. The molecule has 0 bridgehead atoms. The third kappa shape index (κ3) is 3.24. The number of nitrogens with one attached hydrogen (secondary N) is 1. The first-order chi connectivity index (χ1) is 10.8. The van der Waals surface area contributed by atoms with E-state index in [1.807, 2.05) is 47.3 Å². The summed E-state index contributed by atoms with van der Waals surface area (Å²) in [6.45, 7) is 1.82. The minimum atomic E-state index is -0.149. The fourth-order valence-corrected chi connectivity index (χ4v) is 2.64. The van der Waals surface area contributed by atoms with Crippen molar-refractivity contribution in [3.05, 3.63) is 48.3 Å². The third-order valence-corrected chi connectivity index (χ3v) is 3.88. The van der Waals surface area contributed by atoms with Gasteiger partial charge in [0.15, 0.2) is 0 Å². The van der Waals surface area contributed by atoms with E-state index in [2.05, 4.69) is 5.32 Å². The van der Waals surface area contributed by atoms with Gasteiger partial charge in [-0.3, -0.25) is 4.79 Å². The molecule has 1 aromatic carbocycles. The lowest BCUT2D eigenvalue weighted by atomic mass is 9.96. The molecule has 0 radical (unpaired) electrons. The molecular weight excluding hydrogens is 280 g/mol. The van der Waals surface area contributed by atoms with Crippen molar-refractivity contribution < 1.29 is 14.3 Å². The molecule has 5 nitrogen and oxygen atoms in total. The van der Waals surface area contributed by atoms with E-state index in [0.717, 1.165) is 23.6 Å². The summed E-state index contributed by atoms with van der Waals surface area (Å²) in [5, 5.41) is 2.98. The van der Waals surface area contributed by atoms with Gasteiger partial charge in [0, 0.05) is 25.5 Å². The summed E-state index contributed by atoms with van der Waals surface area (Å²) < 4.78 is 13.0. The lowest BCUT2D eigenvalue weighted by Crippen LogP contribution is -2.38. The largest absolute Gasteiger partial charge is 0.497 e. The van der Waals surface area contributed by atoms with Gasteiger partial charge in [-0.1, -0.05) is 0 Å². The first-order valence-electron chi connectivity index (χ1n) is 7.44. The fraction of sp³-hybridized carbons (Fsp3) is 0.353. The van der Waals surface area contributed by atoms with Gasteiger partial charge in [-0.05, 0) is 42.3 Å². The number of carbonyl (C=O) groups is 1. The highest BCUT2D eigenvalue weighted by molar-refractivity contribution is 5.79. The van der Waals surface area contributed by atoms with Gasteiger partial charge < -0.3 is 19.4 Å². The molecule has 1 atom stereocenters. The molecule has 0 saturated heterocycles. The SMILES string of the molecule is COc1ccc2c(c1)C[C@H](C(=O)NCCn1cccc1)CO2. The predicted molar refractivity (Wildman–Crippen MR) is 83.1 cm³/mol. The standard InChI is InChI=1S/C17H20N2O3/c1-21-15-4-5-16-13(11-15)10-14(12-22-16)17(20)18-6-9-19-7-2-3-8-19/h2-5,7-8,11,14H,6,9-10,12H2,1H3,(H,18,20)/t14-/m0/s1. The van der Waals surface area contributed by atoms with Crippen LogP contribution in [0.15, 0.2) is 42.7 Å². The topological polar surface area (TPSA) is 52.5 Å². The zero-order chi connectivity index (χ0) is 15.4. The highest BCUT2D eigenvalue weighted by Crippen LogP contribution is 2.30. The second kappa shape index (κ2) is 6.56.